The summed E-state index contributed by atoms with van der Waals surface area (Å²) in [5.74, 6) is -0.0786. The van der Waals surface area contributed by atoms with E-state index in [1.54, 1.807) is 6.20 Å². The van der Waals surface area contributed by atoms with E-state index < -0.39 is 0 Å². The van der Waals surface area contributed by atoms with Crippen molar-refractivity contribution >= 4 is 28.3 Å². The Morgan fingerprint density at radius 3 is 2.56 bits per heavy atom. The molecule has 2 atom stereocenters. The molecular weight excluding hydrogens is 424 g/mol. The highest BCUT2D eigenvalue weighted by Crippen LogP contribution is 2.28. The Balaban J connectivity index is 1.21. The fourth-order valence-electron chi connectivity index (χ4n) is 5.30. The van der Waals surface area contributed by atoms with E-state index in [-0.39, 0.29) is 5.91 Å². The average Bonchev–Trinajstić information content (AvgIpc) is 3.44. The first-order valence-electron chi connectivity index (χ1n) is 12.8. The zero-order valence-corrected chi connectivity index (χ0v) is 20.3. The van der Waals surface area contributed by atoms with Crippen LogP contribution in [0.25, 0.3) is 11.0 Å². The molecule has 2 aliphatic heterocycles. The van der Waals surface area contributed by atoms with Crippen LogP contribution in [0.1, 0.15) is 49.0 Å². The summed E-state index contributed by atoms with van der Waals surface area (Å²) < 4.78 is 2.10. The zero-order chi connectivity index (χ0) is 23.5. The number of fused-ring (bicyclic) bond motifs is 3. The van der Waals surface area contributed by atoms with Gasteiger partial charge in [0.2, 0.25) is 0 Å². The molecule has 180 valence electrons. The van der Waals surface area contributed by atoms with Gasteiger partial charge in [0.25, 0.3) is 5.91 Å². The lowest BCUT2D eigenvalue weighted by molar-refractivity contribution is 0.0954. The second-order valence-corrected chi connectivity index (χ2v) is 9.53. The van der Waals surface area contributed by atoms with Crippen LogP contribution >= 0.6 is 0 Å². The van der Waals surface area contributed by atoms with E-state index in [9.17, 15) is 4.79 Å². The molecular formula is C27H36N6O. The summed E-state index contributed by atoms with van der Waals surface area (Å²) in [6.45, 7) is 8.68. The molecule has 1 amide bonds. The minimum Gasteiger partial charge on any atom is -0.384 e. The Bertz CT molecular complexity index is 1130. The molecule has 34 heavy (non-hydrogen) atoms. The monoisotopic (exact) mass is 460 g/mol. The molecule has 2 fully saturated rings. The van der Waals surface area contributed by atoms with Gasteiger partial charge in [0, 0.05) is 68.3 Å². The van der Waals surface area contributed by atoms with Crippen molar-refractivity contribution in [2.75, 3.05) is 36.4 Å². The minimum absolute atomic E-state index is 0.0786. The number of aromatic nitrogens is 2. The van der Waals surface area contributed by atoms with Gasteiger partial charge in [0.05, 0.1) is 11.3 Å². The molecule has 7 nitrogen and oxygen atoms in total. The van der Waals surface area contributed by atoms with E-state index in [0.29, 0.717) is 24.2 Å². The fraction of sp³-hybridized carbons (Fsp3) is 0.481. The third-order valence-electron chi connectivity index (χ3n) is 7.14. The van der Waals surface area contributed by atoms with Crippen LogP contribution in [-0.4, -0.2) is 53.7 Å². The van der Waals surface area contributed by atoms with E-state index >= 15 is 0 Å². The van der Waals surface area contributed by atoms with Crippen molar-refractivity contribution in [3.05, 3.63) is 53.9 Å². The van der Waals surface area contributed by atoms with Gasteiger partial charge in [-0.25, -0.2) is 4.98 Å². The second kappa shape index (κ2) is 10.1. The molecule has 1 aromatic carbocycles. The Morgan fingerprint density at radius 1 is 1.09 bits per heavy atom. The first-order chi connectivity index (χ1) is 16.7. The Kier molecular flexibility index (Phi) is 6.72. The summed E-state index contributed by atoms with van der Waals surface area (Å²) in [6, 6.07) is 12.2. The van der Waals surface area contributed by atoms with E-state index in [2.05, 4.69) is 68.5 Å². The number of nitrogens with one attached hydrogen (secondary N) is 3. The highest BCUT2D eigenvalue weighted by Gasteiger charge is 2.32. The van der Waals surface area contributed by atoms with Crippen molar-refractivity contribution in [3.8, 4) is 0 Å². The molecule has 3 N–H and O–H groups in total. The molecule has 3 aromatic rings. The topological polar surface area (TPSA) is 74.2 Å². The van der Waals surface area contributed by atoms with Crippen molar-refractivity contribution < 1.29 is 4.79 Å². The van der Waals surface area contributed by atoms with Crippen LogP contribution in [-0.2, 0) is 13.0 Å². The Hall–Kier alpha value is -3.06. The Labute approximate surface area is 201 Å². The lowest BCUT2D eigenvalue weighted by Crippen LogP contribution is -2.51. The third-order valence-corrected chi connectivity index (χ3v) is 7.14. The smallest absolute Gasteiger partial charge is 0.254 e. The summed E-state index contributed by atoms with van der Waals surface area (Å²) in [5.41, 5.74) is 4.94. The molecule has 2 aliphatic rings. The normalized spacial score (nSPS) is 19.5. The number of nitrogens with zero attached hydrogens (tertiary/aromatic N) is 3. The molecule has 2 bridgehead atoms. The predicted octanol–water partition coefficient (Wildman–Crippen LogP) is 3.79. The summed E-state index contributed by atoms with van der Waals surface area (Å²) in [5, 5.41) is 11.3. The summed E-state index contributed by atoms with van der Waals surface area (Å²) in [6.07, 6.45) is 8.12. The van der Waals surface area contributed by atoms with Crippen LogP contribution in [0, 0.1) is 0 Å². The minimum atomic E-state index is -0.0786. The Morgan fingerprint density at radius 2 is 1.85 bits per heavy atom. The number of hydrogen-bond donors (Lipinski definition) is 3. The van der Waals surface area contributed by atoms with Gasteiger partial charge in [-0.2, -0.15) is 0 Å². The lowest BCUT2D eigenvalue weighted by atomic mass is 10.1. The van der Waals surface area contributed by atoms with Crippen molar-refractivity contribution in [2.45, 2.75) is 58.2 Å². The molecule has 0 saturated carbocycles. The van der Waals surface area contributed by atoms with Crippen LogP contribution in [0.3, 0.4) is 0 Å². The van der Waals surface area contributed by atoms with E-state index in [1.165, 1.54) is 24.1 Å². The van der Waals surface area contributed by atoms with Gasteiger partial charge in [-0.15, -0.1) is 0 Å². The summed E-state index contributed by atoms with van der Waals surface area (Å²) in [7, 11) is 0. The van der Waals surface area contributed by atoms with Crippen molar-refractivity contribution in [1.82, 2.24) is 20.2 Å². The second-order valence-electron chi connectivity index (χ2n) is 9.53. The van der Waals surface area contributed by atoms with Gasteiger partial charge in [-0.1, -0.05) is 19.1 Å². The average molecular weight is 461 g/mol. The summed E-state index contributed by atoms with van der Waals surface area (Å²) >= 11 is 0. The largest absolute Gasteiger partial charge is 0.384 e. The first-order valence-corrected chi connectivity index (χ1v) is 12.8. The van der Waals surface area contributed by atoms with Crippen molar-refractivity contribution in [2.24, 2.45) is 0 Å². The highest BCUT2D eigenvalue weighted by atomic mass is 16.1. The third kappa shape index (κ3) is 4.62. The van der Waals surface area contributed by atoms with E-state index in [1.807, 2.05) is 12.3 Å². The maximum absolute atomic E-state index is 13.1. The number of carbonyl (C=O) groups excluding carboxylic acids is 1. The quantitative estimate of drug-likeness (QED) is 0.453. The number of hydrogen-bond acceptors (Lipinski definition) is 5. The fourth-order valence-corrected chi connectivity index (χ4v) is 5.30. The maximum atomic E-state index is 13.1. The van der Waals surface area contributed by atoms with Gasteiger partial charge in [0.15, 0.2) is 0 Å². The number of carbonyl (C=O) groups is 1. The van der Waals surface area contributed by atoms with E-state index in [4.69, 9.17) is 0 Å². The van der Waals surface area contributed by atoms with Crippen molar-refractivity contribution in [3.63, 3.8) is 0 Å². The van der Waals surface area contributed by atoms with E-state index in [0.717, 1.165) is 55.7 Å². The molecule has 2 aromatic heterocycles. The standard InChI is InChI=1S/C27H36N6O/c1-3-13-28-25-23-12-15-32(4-2)26(23)30-16-24(25)27(34)29-14-11-19-5-9-22(10-6-19)33-17-20-7-8-21(18-33)31-20/h5-6,9-10,12,15-16,20-21,31H,3-4,7-8,11,13-14,17-18H2,1-2H3,(H,28,30)(H,29,34). The molecule has 0 radical (unpaired) electrons. The van der Waals surface area contributed by atoms with Gasteiger partial charge in [-0.3, -0.25) is 4.79 Å². The molecule has 2 unspecified atom stereocenters. The maximum Gasteiger partial charge on any atom is 0.254 e. The van der Waals surface area contributed by atoms with Crippen molar-refractivity contribution in [1.29, 1.82) is 0 Å². The number of amides is 1. The number of piperazine rings is 1. The number of pyridine rings is 1. The molecule has 0 spiro atoms. The molecule has 4 heterocycles. The van der Waals surface area contributed by atoms with Crippen LogP contribution in [0.2, 0.25) is 0 Å². The number of rotatable bonds is 9. The molecule has 2 saturated heterocycles. The summed E-state index contributed by atoms with van der Waals surface area (Å²) in [4.78, 5) is 20.2. The molecule has 0 aliphatic carbocycles. The van der Waals surface area contributed by atoms with Crippen LogP contribution in [0.15, 0.2) is 42.7 Å². The SMILES string of the molecule is CCCNc1c(C(=O)NCCc2ccc(N3CC4CCC(C3)N4)cc2)cnc2c1ccn2CC. The number of aryl methyl sites for hydroxylation is 1. The molecule has 7 heteroatoms. The van der Waals surface area contributed by atoms with Gasteiger partial charge in [0.1, 0.15) is 5.65 Å². The van der Waals surface area contributed by atoms with Crippen LogP contribution < -0.4 is 20.9 Å². The highest BCUT2D eigenvalue weighted by molar-refractivity contribution is 6.06. The lowest BCUT2D eigenvalue weighted by Gasteiger charge is -2.34. The molecule has 5 rings (SSSR count). The van der Waals surface area contributed by atoms with Gasteiger partial charge >= 0.3 is 0 Å². The number of anilines is 2. The number of benzene rings is 1. The van der Waals surface area contributed by atoms with Gasteiger partial charge in [-0.05, 0) is 56.4 Å². The van der Waals surface area contributed by atoms with Crippen LogP contribution in [0.4, 0.5) is 11.4 Å². The van der Waals surface area contributed by atoms with Gasteiger partial charge < -0.3 is 25.4 Å². The zero-order valence-electron chi connectivity index (χ0n) is 20.3. The predicted molar refractivity (Wildman–Crippen MR) is 139 cm³/mol. The first kappa shape index (κ1) is 22.7. The van der Waals surface area contributed by atoms with Crippen LogP contribution in [0.5, 0.6) is 0 Å².